The van der Waals surface area contributed by atoms with Crippen molar-refractivity contribution in [1.82, 2.24) is 14.2 Å². The van der Waals surface area contributed by atoms with Crippen molar-refractivity contribution in [3.63, 3.8) is 0 Å². The first-order valence-electron chi connectivity index (χ1n) is 12.8. The zero-order valence-electron chi connectivity index (χ0n) is 22.5. The van der Waals surface area contributed by atoms with Gasteiger partial charge in [-0.3, -0.25) is 4.79 Å². The van der Waals surface area contributed by atoms with Gasteiger partial charge in [0, 0.05) is 17.0 Å². The summed E-state index contributed by atoms with van der Waals surface area (Å²) < 4.78 is 15.2. The molecule has 6 rings (SSSR count). The summed E-state index contributed by atoms with van der Waals surface area (Å²) in [6.07, 6.45) is 1.72. The Bertz CT molecular complexity index is 1950. The summed E-state index contributed by atoms with van der Waals surface area (Å²) in [5.74, 6) is 1.42. The molecule has 0 saturated carbocycles. The third kappa shape index (κ3) is 4.03. The number of para-hydroxylation sites is 2. The summed E-state index contributed by atoms with van der Waals surface area (Å²) in [5.41, 5.74) is 7.51. The standard InChI is InChI=1S/C32H28N4O3/c1-19-10-8-11-20(2)30(19)35-21(3)16-23(22(35)4)18-33-36-31(34-26-13-7-6-12-24(26)32(36)37)29-17-25-27(38-5)14-9-15-28(25)39-29/h6-18H,1-5H3. The van der Waals surface area contributed by atoms with E-state index >= 15 is 0 Å². The largest absolute Gasteiger partial charge is 0.496 e. The maximum atomic E-state index is 13.7. The van der Waals surface area contributed by atoms with Gasteiger partial charge >= 0.3 is 0 Å². The third-order valence-corrected chi connectivity index (χ3v) is 7.16. The number of aryl methyl sites for hydroxylation is 3. The summed E-state index contributed by atoms with van der Waals surface area (Å²) in [5, 5.41) is 5.96. The van der Waals surface area contributed by atoms with E-state index in [0.717, 1.165) is 28.0 Å². The monoisotopic (exact) mass is 516 g/mol. The van der Waals surface area contributed by atoms with E-state index < -0.39 is 0 Å². The van der Waals surface area contributed by atoms with E-state index in [9.17, 15) is 4.79 Å². The predicted molar refractivity (Wildman–Crippen MR) is 155 cm³/mol. The number of methoxy groups -OCH3 is 1. The molecule has 0 saturated heterocycles. The predicted octanol–water partition coefficient (Wildman–Crippen LogP) is 6.72. The van der Waals surface area contributed by atoms with E-state index in [1.165, 1.54) is 15.8 Å². The number of aromatic nitrogens is 3. The van der Waals surface area contributed by atoms with Crippen LogP contribution in [0.25, 0.3) is 39.1 Å². The Morgan fingerprint density at radius 2 is 1.64 bits per heavy atom. The van der Waals surface area contributed by atoms with Crippen LogP contribution in [0.5, 0.6) is 5.75 Å². The van der Waals surface area contributed by atoms with Crippen molar-refractivity contribution in [2.75, 3.05) is 7.11 Å². The van der Waals surface area contributed by atoms with Crippen molar-refractivity contribution in [3.05, 3.63) is 111 Å². The average molecular weight is 517 g/mol. The summed E-state index contributed by atoms with van der Waals surface area (Å²) in [6, 6.07) is 23.1. The minimum Gasteiger partial charge on any atom is -0.496 e. The van der Waals surface area contributed by atoms with E-state index in [1.54, 1.807) is 19.4 Å². The lowest BCUT2D eigenvalue weighted by atomic mass is 10.1. The Kier molecular flexibility index (Phi) is 5.91. The summed E-state index contributed by atoms with van der Waals surface area (Å²) >= 11 is 0. The van der Waals surface area contributed by atoms with Crippen LogP contribution in [0.3, 0.4) is 0 Å². The Balaban J connectivity index is 1.54. The second kappa shape index (κ2) is 9.44. The van der Waals surface area contributed by atoms with E-state index in [4.69, 9.17) is 14.1 Å². The topological polar surface area (TPSA) is 74.6 Å². The molecule has 0 bridgehead atoms. The molecule has 0 unspecified atom stereocenters. The lowest BCUT2D eigenvalue weighted by Gasteiger charge is -2.15. The minimum absolute atomic E-state index is 0.275. The summed E-state index contributed by atoms with van der Waals surface area (Å²) in [7, 11) is 1.62. The van der Waals surface area contributed by atoms with E-state index in [1.807, 2.05) is 42.5 Å². The van der Waals surface area contributed by atoms with E-state index in [-0.39, 0.29) is 5.56 Å². The molecule has 0 radical (unpaired) electrons. The van der Waals surface area contributed by atoms with Crippen LogP contribution >= 0.6 is 0 Å². The number of furan rings is 1. The van der Waals surface area contributed by atoms with Gasteiger partial charge in [0.1, 0.15) is 11.3 Å². The van der Waals surface area contributed by atoms with E-state index in [2.05, 4.69) is 61.6 Å². The first kappa shape index (κ1) is 24.4. The maximum Gasteiger partial charge on any atom is 0.282 e. The molecule has 3 aromatic carbocycles. The molecule has 3 heterocycles. The molecule has 6 aromatic rings. The van der Waals surface area contributed by atoms with Gasteiger partial charge in [0.25, 0.3) is 5.56 Å². The lowest BCUT2D eigenvalue weighted by molar-refractivity contribution is 0.419. The van der Waals surface area contributed by atoms with Gasteiger partial charge in [0.05, 0.1) is 35.3 Å². The van der Waals surface area contributed by atoms with Crippen LogP contribution in [0.2, 0.25) is 0 Å². The number of hydrogen-bond donors (Lipinski definition) is 0. The molecule has 39 heavy (non-hydrogen) atoms. The molecule has 3 aromatic heterocycles. The van der Waals surface area contributed by atoms with Gasteiger partial charge in [-0.1, -0.05) is 36.4 Å². The number of hydrogen-bond acceptors (Lipinski definition) is 5. The van der Waals surface area contributed by atoms with Crippen LogP contribution in [-0.4, -0.2) is 27.6 Å². The Morgan fingerprint density at radius 3 is 2.41 bits per heavy atom. The Hall–Kier alpha value is -4.91. The van der Waals surface area contributed by atoms with Gasteiger partial charge in [0.15, 0.2) is 5.76 Å². The fourth-order valence-corrected chi connectivity index (χ4v) is 5.25. The molecule has 0 aliphatic rings. The molecular formula is C32H28N4O3. The molecule has 0 atom stereocenters. The van der Waals surface area contributed by atoms with Crippen LogP contribution < -0.4 is 10.3 Å². The highest BCUT2D eigenvalue weighted by Crippen LogP contribution is 2.33. The fourth-order valence-electron chi connectivity index (χ4n) is 5.25. The minimum atomic E-state index is -0.275. The molecular weight excluding hydrogens is 488 g/mol. The first-order chi connectivity index (χ1) is 18.9. The highest BCUT2D eigenvalue weighted by atomic mass is 16.5. The van der Waals surface area contributed by atoms with E-state index in [0.29, 0.717) is 33.8 Å². The Morgan fingerprint density at radius 1 is 0.897 bits per heavy atom. The van der Waals surface area contributed by atoms with Crippen molar-refractivity contribution in [1.29, 1.82) is 0 Å². The zero-order chi connectivity index (χ0) is 27.3. The number of benzene rings is 3. The maximum absolute atomic E-state index is 13.7. The summed E-state index contributed by atoms with van der Waals surface area (Å²) in [6.45, 7) is 8.37. The van der Waals surface area contributed by atoms with Gasteiger partial charge < -0.3 is 13.7 Å². The van der Waals surface area contributed by atoms with Crippen molar-refractivity contribution < 1.29 is 9.15 Å². The van der Waals surface area contributed by atoms with Crippen LogP contribution in [0.15, 0.2) is 87.1 Å². The molecule has 7 nitrogen and oxygen atoms in total. The van der Waals surface area contributed by atoms with Gasteiger partial charge in [-0.2, -0.15) is 9.78 Å². The first-order valence-corrected chi connectivity index (χ1v) is 12.8. The molecule has 0 spiro atoms. The smallest absolute Gasteiger partial charge is 0.282 e. The fraction of sp³-hybridized carbons (Fsp3) is 0.156. The van der Waals surface area contributed by atoms with Gasteiger partial charge in [-0.05, 0) is 75.2 Å². The molecule has 0 aliphatic heterocycles. The summed E-state index contributed by atoms with van der Waals surface area (Å²) in [4.78, 5) is 18.5. The van der Waals surface area contributed by atoms with Crippen LogP contribution in [0.4, 0.5) is 0 Å². The van der Waals surface area contributed by atoms with Crippen molar-refractivity contribution in [2.24, 2.45) is 5.10 Å². The zero-order valence-corrected chi connectivity index (χ0v) is 22.5. The van der Waals surface area contributed by atoms with Crippen molar-refractivity contribution >= 4 is 28.1 Å². The third-order valence-electron chi connectivity index (χ3n) is 7.16. The number of nitrogens with zero attached hydrogens (tertiary/aromatic N) is 4. The lowest BCUT2D eigenvalue weighted by Crippen LogP contribution is -2.20. The van der Waals surface area contributed by atoms with Crippen LogP contribution in [0, 0.1) is 27.7 Å². The second-order valence-electron chi connectivity index (χ2n) is 9.70. The molecule has 0 N–H and O–H groups in total. The highest BCUT2D eigenvalue weighted by molar-refractivity contribution is 5.89. The normalized spacial score (nSPS) is 11.7. The highest BCUT2D eigenvalue weighted by Gasteiger charge is 2.19. The second-order valence-corrected chi connectivity index (χ2v) is 9.70. The number of fused-ring (bicyclic) bond motifs is 2. The molecule has 0 aliphatic carbocycles. The van der Waals surface area contributed by atoms with Gasteiger partial charge in [-0.25, -0.2) is 4.98 Å². The van der Waals surface area contributed by atoms with Crippen molar-refractivity contribution in [2.45, 2.75) is 27.7 Å². The van der Waals surface area contributed by atoms with Crippen molar-refractivity contribution in [3.8, 4) is 23.0 Å². The Labute approximate surface area is 225 Å². The molecule has 194 valence electrons. The van der Waals surface area contributed by atoms with Crippen LogP contribution in [0.1, 0.15) is 28.1 Å². The SMILES string of the molecule is COc1cccc2oc(-c3nc4ccccc4c(=O)n3N=Cc3cc(C)n(-c4c(C)cccc4C)c3C)cc12. The quantitative estimate of drug-likeness (QED) is 0.238. The van der Waals surface area contributed by atoms with Crippen LogP contribution in [-0.2, 0) is 0 Å². The van der Waals surface area contributed by atoms with Gasteiger partial charge in [-0.15, -0.1) is 0 Å². The average Bonchev–Trinajstić information content (AvgIpc) is 3.49. The van der Waals surface area contributed by atoms with Gasteiger partial charge in [0.2, 0.25) is 5.82 Å². The number of rotatable bonds is 5. The molecule has 0 fully saturated rings. The molecule has 0 amide bonds. The molecule has 7 heteroatoms. The number of ether oxygens (including phenoxy) is 1.